The number of hydrogen-bond donors (Lipinski definition) is 2. The second kappa shape index (κ2) is 5.83. The molecular weight excluding hydrogens is 272 g/mol. The van der Waals surface area contributed by atoms with E-state index in [0.29, 0.717) is 17.6 Å². The van der Waals surface area contributed by atoms with E-state index in [0.717, 1.165) is 25.0 Å². The van der Waals surface area contributed by atoms with Gasteiger partial charge in [-0.1, -0.05) is 6.07 Å². The fourth-order valence-electron chi connectivity index (χ4n) is 2.51. The van der Waals surface area contributed by atoms with Crippen molar-refractivity contribution in [3.05, 3.63) is 29.7 Å². The Morgan fingerprint density at radius 1 is 1.57 bits per heavy atom. The third-order valence-corrected chi connectivity index (χ3v) is 3.63. The van der Waals surface area contributed by atoms with Gasteiger partial charge in [-0.3, -0.25) is 5.32 Å². The first kappa shape index (κ1) is 14.0. The van der Waals surface area contributed by atoms with Gasteiger partial charge in [0, 0.05) is 13.2 Å². The molecule has 2 heterocycles. The van der Waals surface area contributed by atoms with Crippen molar-refractivity contribution in [2.75, 3.05) is 13.2 Å². The number of fused-ring (bicyclic) bond motifs is 1. The van der Waals surface area contributed by atoms with E-state index in [-0.39, 0.29) is 12.0 Å². The smallest absolute Gasteiger partial charge is 0.330 e. The maximum atomic E-state index is 11.4. The van der Waals surface area contributed by atoms with E-state index in [9.17, 15) is 9.90 Å². The van der Waals surface area contributed by atoms with Gasteiger partial charge < -0.3 is 14.3 Å². The van der Waals surface area contributed by atoms with Crippen LogP contribution in [-0.4, -0.2) is 35.3 Å². The molecule has 2 N–H and O–H groups in total. The van der Waals surface area contributed by atoms with Crippen molar-refractivity contribution >= 4 is 17.1 Å². The molecule has 0 amide bonds. The summed E-state index contributed by atoms with van der Waals surface area (Å²) in [5.41, 5.74) is 2.33. The van der Waals surface area contributed by atoms with E-state index >= 15 is 0 Å². The summed E-state index contributed by atoms with van der Waals surface area (Å²) in [4.78, 5) is 15.7. The van der Waals surface area contributed by atoms with Crippen molar-refractivity contribution < 1.29 is 19.1 Å². The van der Waals surface area contributed by atoms with Crippen molar-refractivity contribution in [3.8, 4) is 0 Å². The molecule has 21 heavy (non-hydrogen) atoms. The number of carboxylic acid groups (broad SMARTS) is 1. The van der Waals surface area contributed by atoms with E-state index < -0.39 is 12.0 Å². The van der Waals surface area contributed by atoms with Crippen LogP contribution >= 0.6 is 0 Å². The van der Waals surface area contributed by atoms with Gasteiger partial charge in [0.1, 0.15) is 5.52 Å². The maximum absolute atomic E-state index is 11.4. The molecule has 0 bridgehead atoms. The SMILES string of the molecule is Cc1ccc2oc(C(NCC3CCCO3)C(=O)O)nc2c1. The molecule has 1 aromatic heterocycles. The van der Waals surface area contributed by atoms with Crippen molar-refractivity contribution in [2.24, 2.45) is 0 Å². The molecule has 0 aliphatic carbocycles. The predicted molar refractivity (Wildman–Crippen MR) is 76.1 cm³/mol. The number of aryl methyl sites for hydroxylation is 1. The fraction of sp³-hybridized carbons (Fsp3) is 0.467. The largest absolute Gasteiger partial charge is 0.480 e. The summed E-state index contributed by atoms with van der Waals surface area (Å²) < 4.78 is 11.1. The molecule has 3 rings (SSSR count). The molecule has 2 unspecified atom stereocenters. The number of nitrogens with one attached hydrogen (secondary N) is 1. The normalized spacial score (nSPS) is 20.0. The van der Waals surface area contributed by atoms with Crippen LogP contribution in [0.5, 0.6) is 0 Å². The van der Waals surface area contributed by atoms with Crippen LogP contribution in [0.3, 0.4) is 0 Å². The third kappa shape index (κ3) is 3.06. The summed E-state index contributed by atoms with van der Waals surface area (Å²) >= 11 is 0. The Hall–Kier alpha value is -1.92. The van der Waals surface area contributed by atoms with Crippen LogP contribution in [0, 0.1) is 6.92 Å². The second-order valence-corrected chi connectivity index (χ2v) is 5.34. The molecule has 1 saturated heterocycles. The lowest BCUT2D eigenvalue weighted by Gasteiger charge is -2.14. The maximum Gasteiger partial charge on any atom is 0.330 e. The minimum absolute atomic E-state index is 0.0680. The van der Waals surface area contributed by atoms with Crippen LogP contribution in [0.4, 0.5) is 0 Å². The molecule has 0 radical (unpaired) electrons. The van der Waals surface area contributed by atoms with Gasteiger partial charge >= 0.3 is 5.97 Å². The summed E-state index contributed by atoms with van der Waals surface area (Å²) in [6.07, 6.45) is 2.04. The Balaban J connectivity index is 1.79. The van der Waals surface area contributed by atoms with Gasteiger partial charge in [-0.25, -0.2) is 9.78 Å². The molecule has 6 nitrogen and oxygen atoms in total. The molecule has 2 atom stereocenters. The Morgan fingerprint density at radius 3 is 3.14 bits per heavy atom. The lowest BCUT2D eigenvalue weighted by atomic mass is 10.2. The molecule has 1 aliphatic heterocycles. The summed E-state index contributed by atoms with van der Waals surface area (Å²) in [7, 11) is 0. The van der Waals surface area contributed by atoms with Gasteiger partial charge in [0.25, 0.3) is 0 Å². The quantitative estimate of drug-likeness (QED) is 0.876. The van der Waals surface area contributed by atoms with E-state index in [1.165, 1.54) is 0 Å². The Labute approximate surface area is 122 Å². The van der Waals surface area contributed by atoms with Crippen LogP contribution in [0.15, 0.2) is 22.6 Å². The van der Waals surface area contributed by atoms with E-state index in [2.05, 4.69) is 10.3 Å². The molecule has 0 saturated carbocycles. The first-order chi connectivity index (χ1) is 10.1. The minimum atomic E-state index is -1.00. The zero-order valence-electron chi connectivity index (χ0n) is 11.8. The van der Waals surface area contributed by atoms with Gasteiger partial charge in [-0.2, -0.15) is 0 Å². The first-order valence-corrected chi connectivity index (χ1v) is 7.08. The molecule has 6 heteroatoms. The highest BCUT2D eigenvalue weighted by Crippen LogP contribution is 2.22. The Morgan fingerprint density at radius 2 is 2.43 bits per heavy atom. The third-order valence-electron chi connectivity index (χ3n) is 3.63. The van der Waals surface area contributed by atoms with Crippen LogP contribution in [0.1, 0.15) is 30.3 Å². The molecule has 1 aliphatic rings. The summed E-state index contributed by atoms with van der Waals surface area (Å²) in [5.74, 6) is -0.822. The summed E-state index contributed by atoms with van der Waals surface area (Å²) in [6.45, 7) is 3.18. The lowest BCUT2D eigenvalue weighted by Crippen LogP contribution is -2.34. The summed E-state index contributed by atoms with van der Waals surface area (Å²) in [5, 5.41) is 12.3. The first-order valence-electron chi connectivity index (χ1n) is 7.08. The molecule has 1 fully saturated rings. The van der Waals surface area contributed by atoms with Crippen molar-refractivity contribution in [2.45, 2.75) is 31.9 Å². The number of oxazole rings is 1. The van der Waals surface area contributed by atoms with Crippen LogP contribution in [-0.2, 0) is 9.53 Å². The number of rotatable bonds is 5. The van der Waals surface area contributed by atoms with E-state index in [4.69, 9.17) is 9.15 Å². The monoisotopic (exact) mass is 290 g/mol. The molecule has 2 aromatic rings. The number of aliphatic carboxylic acids is 1. The van der Waals surface area contributed by atoms with E-state index in [1.807, 2.05) is 19.1 Å². The number of ether oxygens (including phenoxy) is 1. The van der Waals surface area contributed by atoms with E-state index in [1.54, 1.807) is 6.07 Å². The highest BCUT2D eigenvalue weighted by atomic mass is 16.5. The van der Waals surface area contributed by atoms with Crippen molar-refractivity contribution in [1.29, 1.82) is 0 Å². The minimum Gasteiger partial charge on any atom is -0.480 e. The average molecular weight is 290 g/mol. The van der Waals surface area contributed by atoms with Crippen LogP contribution in [0.2, 0.25) is 0 Å². The number of carbonyl (C=O) groups is 1. The van der Waals surface area contributed by atoms with Gasteiger partial charge in [-0.15, -0.1) is 0 Å². The van der Waals surface area contributed by atoms with Crippen LogP contribution < -0.4 is 5.32 Å². The van der Waals surface area contributed by atoms with Crippen molar-refractivity contribution in [3.63, 3.8) is 0 Å². The molecular formula is C15H18N2O4. The van der Waals surface area contributed by atoms with Gasteiger partial charge in [0.15, 0.2) is 11.6 Å². The van der Waals surface area contributed by atoms with Gasteiger partial charge in [-0.05, 0) is 37.5 Å². The van der Waals surface area contributed by atoms with Crippen molar-refractivity contribution in [1.82, 2.24) is 10.3 Å². The molecule has 0 spiro atoms. The fourth-order valence-corrected chi connectivity index (χ4v) is 2.51. The zero-order valence-corrected chi connectivity index (χ0v) is 11.8. The number of benzene rings is 1. The highest BCUT2D eigenvalue weighted by molar-refractivity contribution is 5.77. The number of nitrogens with zero attached hydrogens (tertiary/aromatic N) is 1. The predicted octanol–water partition coefficient (Wildman–Crippen LogP) is 2.03. The highest BCUT2D eigenvalue weighted by Gasteiger charge is 2.27. The molecule has 1 aromatic carbocycles. The summed E-state index contributed by atoms with van der Waals surface area (Å²) in [6, 6.07) is 4.64. The standard InChI is InChI=1S/C15H18N2O4/c1-9-4-5-12-11(7-9)17-14(21-12)13(15(18)19)16-8-10-3-2-6-20-10/h4-5,7,10,13,16H,2-3,6,8H2,1H3,(H,18,19). The number of hydrogen-bond acceptors (Lipinski definition) is 5. The van der Waals surface area contributed by atoms with Gasteiger partial charge in [0.05, 0.1) is 6.10 Å². The topological polar surface area (TPSA) is 84.6 Å². The average Bonchev–Trinajstić information content (AvgIpc) is 3.07. The second-order valence-electron chi connectivity index (χ2n) is 5.34. The zero-order chi connectivity index (χ0) is 14.8. The Kier molecular flexibility index (Phi) is 3.90. The number of carboxylic acids is 1. The molecule has 112 valence electrons. The number of aromatic nitrogens is 1. The lowest BCUT2D eigenvalue weighted by molar-refractivity contribution is -0.140. The van der Waals surface area contributed by atoms with Crippen LogP contribution in [0.25, 0.3) is 11.1 Å². The Bertz CT molecular complexity index is 646. The van der Waals surface area contributed by atoms with Gasteiger partial charge in [0.2, 0.25) is 5.89 Å².